The van der Waals surface area contributed by atoms with Crippen LogP contribution in [0.1, 0.15) is 20.8 Å². The molecule has 2 N–H and O–H groups in total. The van der Waals surface area contributed by atoms with E-state index in [2.05, 4.69) is 46.4 Å². The average molecular weight is 380 g/mol. The van der Waals surface area contributed by atoms with Crippen molar-refractivity contribution in [2.75, 3.05) is 5.32 Å². The Morgan fingerprint density at radius 2 is 1.96 bits per heavy atom. The van der Waals surface area contributed by atoms with Gasteiger partial charge in [-0.15, -0.1) is 0 Å². The van der Waals surface area contributed by atoms with Crippen molar-refractivity contribution in [1.29, 1.82) is 0 Å². The minimum absolute atomic E-state index is 0.0844. The topological polar surface area (TPSA) is 94.0 Å². The zero-order chi connectivity index (χ0) is 20.0. The van der Waals surface area contributed by atoms with Gasteiger partial charge in [0.05, 0.1) is 12.4 Å². The number of carbonyl (C=O) groups excluding carboxylic acids is 1. The van der Waals surface area contributed by atoms with Crippen molar-refractivity contribution in [3.63, 3.8) is 0 Å². The van der Waals surface area contributed by atoms with Crippen LogP contribution in [0.2, 0.25) is 0 Å². The molecule has 0 bridgehead atoms. The fraction of sp³-hybridized carbons (Fsp3) is 0.300. The predicted octanol–water partition coefficient (Wildman–Crippen LogP) is 3.70. The largest absolute Gasteiger partial charge is 0.424 e. The highest BCUT2D eigenvalue weighted by molar-refractivity contribution is 5.89. The van der Waals surface area contributed by atoms with Crippen LogP contribution in [0.25, 0.3) is 0 Å². The maximum Gasteiger partial charge on any atom is 0.321 e. The normalized spacial score (nSPS) is 12.2. The molecular formula is C20H24N6O2. The molecule has 28 heavy (non-hydrogen) atoms. The SMILES string of the molecule is CC(C)(C)[C@@H](Cn1ccnc1)NC(=O)Nc1cccc(Oc2ncccn2)c1. The van der Waals surface area contributed by atoms with Crippen molar-refractivity contribution in [2.24, 2.45) is 5.41 Å². The lowest BCUT2D eigenvalue weighted by molar-refractivity contribution is 0.219. The Hall–Kier alpha value is -3.42. The fourth-order valence-electron chi connectivity index (χ4n) is 2.55. The summed E-state index contributed by atoms with van der Waals surface area (Å²) >= 11 is 0. The van der Waals surface area contributed by atoms with Crippen LogP contribution in [-0.4, -0.2) is 31.6 Å². The van der Waals surface area contributed by atoms with Gasteiger partial charge in [-0.3, -0.25) is 0 Å². The molecule has 0 saturated heterocycles. The van der Waals surface area contributed by atoms with Gasteiger partial charge in [0, 0.05) is 43.1 Å². The summed E-state index contributed by atoms with van der Waals surface area (Å²) in [6.45, 7) is 6.89. The molecule has 0 unspecified atom stereocenters. The van der Waals surface area contributed by atoms with Crippen molar-refractivity contribution < 1.29 is 9.53 Å². The summed E-state index contributed by atoms with van der Waals surface area (Å²) in [5, 5.41) is 5.90. The van der Waals surface area contributed by atoms with E-state index in [9.17, 15) is 4.79 Å². The molecule has 8 nitrogen and oxygen atoms in total. The number of nitrogens with zero attached hydrogens (tertiary/aromatic N) is 4. The lowest BCUT2D eigenvalue weighted by Gasteiger charge is -2.31. The van der Waals surface area contributed by atoms with Gasteiger partial charge in [-0.2, -0.15) is 0 Å². The number of anilines is 1. The number of imidazole rings is 1. The number of benzene rings is 1. The second-order valence-electron chi connectivity index (χ2n) is 7.44. The zero-order valence-corrected chi connectivity index (χ0v) is 16.2. The Morgan fingerprint density at radius 3 is 2.64 bits per heavy atom. The standard InChI is InChI=1S/C20H24N6O2/c1-20(2,3)17(13-26-11-10-21-14-26)25-18(27)24-15-6-4-7-16(12-15)28-19-22-8-5-9-23-19/h4-12,14,17H,13H2,1-3H3,(H2,24,25,27)/t17-/m1/s1. The van der Waals surface area contributed by atoms with Gasteiger partial charge in [0.2, 0.25) is 0 Å². The lowest BCUT2D eigenvalue weighted by Crippen LogP contribution is -2.47. The second kappa shape index (κ2) is 8.51. The van der Waals surface area contributed by atoms with E-state index >= 15 is 0 Å². The third-order valence-electron chi connectivity index (χ3n) is 4.15. The Balaban J connectivity index is 1.63. The van der Waals surface area contributed by atoms with Crippen molar-refractivity contribution >= 4 is 11.7 Å². The van der Waals surface area contributed by atoms with Crippen molar-refractivity contribution in [3.8, 4) is 11.8 Å². The van der Waals surface area contributed by atoms with Crippen LogP contribution in [0, 0.1) is 5.41 Å². The van der Waals surface area contributed by atoms with Gasteiger partial charge < -0.3 is 19.9 Å². The first-order valence-electron chi connectivity index (χ1n) is 8.98. The molecule has 0 spiro atoms. The molecule has 2 amide bonds. The van der Waals surface area contributed by atoms with Gasteiger partial charge in [0.1, 0.15) is 5.75 Å². The summed E-state index contributed by atoms with van der Waals surface area (Å²) in [4.78, 5) is 24.7. The maximum absolute atomic E-state index is 12.6. The first kappa shape index (κ1) is 19.3. The number of carbonyl (C=O) groups is 1. The summed E-state index contributed by atoms with van der Waals surface area (Å²) in [5.74, 6) is 0.537. The summed E-state index contributed by atoms with van der Waals surface area (Å²) in [6.07, 6.45) is 8.55. The smallest absolute Gasteiger partial charge is 0.321 e. The molecule has 1 aromatic carbocycles. The van der Waals surface area contributed by atoms with E-state index < -0.39 is 0 Å². The third kappa shape index (κ3) is 5.54. The first-order chi connectivity index (χ1) is 13.4. The number of amides is 2. The molecule has 0 aliphatic heterocycles. The van der Waals surface area contributed by atoms with Gasteiger partial charge in [-0.1, -0.05) is 26.8 Å². The van der Waals surface area contributed by atoms with E-state index in [4.69, 9.17) is 4.74 Å². The monoisotopic (exact) mass is 380 g/mol. The molecule has 2 heterocycles. The van der Waals surface area contributed by atoms with Crippen LogP contribution in [0.4, 0.5) is 10.5 Å². The predicted molar refractivity (Wildman–Crippen MR) is 106 cm³/mol. The molecule has 0 aliphatic carbocycles. The number of hydrogen-bond donors (Lipinski definition) is 2. The fourth-order valence-corrected chi connectivity index (χ4v) is 2.55. The van der Waals surface area contributed by atoms with Crippen LogP contribution in [0.5, 0.6) is 11.8 Å². The third-order valence-corrected chi connectivity index (χ3v) is 4.15. The molecule has 2 aromatic heterocycles. The van der Waals surface area contributed by atoms with Gasteiger partial charge in [0.15, 0.2) is 0 Å². The number of nitrogens with one attached hydrogen (secondary N) is 2. The number of hydrogen-bond acceptors (Lipinski definition) is 5. The van der Waals surface area contributed by atoms with Crippen molar-refractivity contribution in [3.05, 3.63) is 61.4 Å². The molecule has 0 saturated carbocycles. The minimum Gasteiger partial charge on any atom is -0.424 e. The van der Waals surface area contributed by atoms with Crippen LogP contribution in [0.15, 0.2) is 61.4 Å². The van der Waals surface area contributed by atoms with E-state index in [1.807, 2.05) is 10.8 Å². The van der Waals surface area contributed by atoms with Crippen LogP contribution >= 0.6 is 0 Å². The van der Waals surface area contributed by atoms with Gasteiger partial charge in [-0.25, -0.2) is 19.7 Å². The lowest BCUT2D eigenvalue weighted by atomic mass is 9.86. The van der Waals surface area contributed by atoms with Gasteiger partial charge >= 0.3 is 12.0 Å². The summed E-state index contributed by atoms with van der Waals surface area (Å²) in [5.41, 5.74) is 0.484. The Morgan fingerprint density at radius 1 is 1.18 bits per heavy atom. The van der Waals surface area contributed by atoms with Crippen LogP contribution in [0.3, 0.4) is 0 Å². The Labute approximate surface area is 164 Å². The average Bonchev–Trinajstić information content (AvgIpc) is 3.15. The summed E-state index contributed by atoms with van der Waals surface area (Å²) < 4.78 is 7.55. The van der Waals surface area contributed by atoms with E-state index in [0.29, 0.717) is 18.0 Å². The number of ether oxygens (including phenoxy) is 1. The van der Waals surface area contributed by atoms with Gasteiger partial charge in [-0.05, 0) is 23.6 Å². The minimum atomic E-state index is -0.284. The highest BCUT2D eigenvalue weighted by Gasteiger charge is 2.26. The van der Waals surface area contributed by atoms with Crippen LogP contribution < -0.4 is 15.4 Å². The highest BCUT2D eigenvalue weighted by atomic mass is 16.5. The Bertz CT molecular complexity index is 891. The van der Waals surface area contributed by atoms with E-state index in [1.54, 1.807) is 55.2 Å². The number of aromatic nitrogens is 4. The molecule has 0 aliphatic rings. The zero-order valence-electron chi connectivity index (χ0n) is 16.2. The van der Waals surface area contributed by atoms with Gasteiger partial charge in [0.25, 0.3) is 0 Å². The van der Waals surface area contributed by atoms with E-state index in [1.165, 1.54) is 0 Å². The van der Waals surface area contributed by atoms with Crippen LogP contribution in [-0.2, 0) is 6.54 Å². The molecule has 3 rings (SSSR count). The van der Waals surface area contributed by atoms with Crippen molar-refractivity contribution in [2.45, 2.75) is 33.4 Å². The molecule has 8 heteroatoms. The molecule has 3 aromatic rings. The van der Waals surface area contributed by atoms with E-state index in [-0.39, 0.29) is 23.5 Å². The first-order valence-corrected chi connectivity index (χ1v) is 8.98. The molecule has 0 radical (unpaired) electrons. The molecular weight excluding hydrogens is 356 g/mol. The van der Waals surface area contributed by atoms with E-state index in [0.717, 1.165) is 0 Å². The summed E-state index contributed by atoms with van der Waals surface area (Å²) in [6, 6.07) is 8.67. The Kier molecular flexibility index (Phi) is 5.88. The molecule has 1 atom stereocenters. The van der Waals surface area contributed by atoms with Crippen molar-refractivity contribution in [1.82, 2.24) is 24.8 Å². The second-order valence-corrected chi connectivity index (χ2v) is 7.44. The number of urea groups is 1. The quantitative estimate of drug-likeness (QED) is 0.680. The molecule has 0 fully saturated rings. The maximum atomic E-state index is 12.6. The summed E-state index contributed by atoms with van der Waals surface area (Å²) in [7, 11) is 0. The number of rotatable bonds is 6. The highest BCUT2D eigenvalue weighted by Crippen LogP contribution is 2.23. The molecule has 146 valence electrons.